The molecule has 1 amide bonds. The van der Waals surface area contributed by atoms with E-state index in [1.165, 1.54) is 12.1 Å². The molecule has 0 spiro atoms. The number of carbonyl (C=O) groups is 1. The fourth-order valence-electron chi connectivity index (χ4n) is 3.10. The minimum absolute atomic E-state index is 0.0375. The van der Waals surface area contributed by atoms with Gasteiger partial charge >= 0.3 is 0 Å². The molecule has 1 aliphatic heterocycles. The summed E-state index contributed by atoms with van der Waals surface area (Å²) in [7, 11) is -3.67. The minimum atomic E-state index is -3.67. The van der Waals surface area contributed by atoms with Crippen LogP contribution in [0.15, 0.2) is 59.5 Å². The second-order valence-corrected chi connectivity index (χ2v) is 8.53. The van der Waals surface area contributed by atoms with Crippen molar-refractivity contribution in [2.75, 3.05) is 32.8 Å². The van der Waals surface area contributed by atoms with Crippen LogP contribution in [0.4, 0.5) is 0 Å². The third-order valence-corrected chi connectivity index (χ3v) is 6.12. The molecule has 2 aromatic rings. The van der Waals surface area contributed by atoms with Crippen molar-refractivity contribution < 1.29 is 22.7 Å². The highest BCUT2D eigenvalue weighted by Gasteiger charge is 2.27. The predicted molar refractivity (Wildman–Crippen MR) is 109 cm³/mol. The van der Waals surface area contributed by atoms with E-state index in [9.17, 15) is 13.2 Å². The molecule has 0 aliphatic carbocycles. The third kappa shape index (κ3) is 6.03. The molecule has 2 aromatic carbocycles. The van der Waals surface area contributed by atoms with Gasteiger partial charge in [-0.25, -0.2) is 13.1 Å². The topological polar surface area (TPSA) is 84.9 Å². The van der Waals surface area contributed by atoms with Gasteiger partial charge in [0.05, 0.1) is 17.6 Å². The molecular weight excluding hydrogens is 392 g/mol. The molecule has 0 radical (unpaired) electrons. The zero-order valence-electron chi connectivity index (χ0n) is 16.4. The number of sulfonamides is 1. The Kier molecular flexibility index (Phi) is 7.24. The van der Waals surface area contributed by atoms with Crippen LogP contribution < -0.4 is 9.46 Å². The monoisotopic (exact) mass is 418 g/mol. The molecule has 1 atom stereocenters. The lowest BCUT2D eigenvalue weighted by molar-refractivity contribution is -0.148. The van der Waals surface area contributed by atoms with Gasteiger partial charge < -0.3 is 14.4 Å². The van der Waals surface area contributed by atoms with E-state index in [0.29, 0.717) is 25.4 Å². The number of ether oxygens (including phenoxy) is 2. The number of benzene rings is 2. The molecule has 1 heterocycles. The molecule has 1 fully saturated rings. The predicted octanol–water partition coefficient (Wildman–Crippen LogP) is 1.83. The van der Waals surface area contributed by atoms with Crippen molar-refractivity contribution in [2.24, 2.45) is 0 Å². The SMILES string of the molecule is CCOc1ccc(S(=O)(=O)NCC2CN(CCc3ccccc3)C(=O)CO2)cc1. The highest BCUT2D eigenvalue weighted by Crippen LogP contribution is 2.16. The van der Waals surface area contributed by atoms with Gasteiger partial charge in [-0.3, -0.25) is 4.79 Å². The average Bonchev–Trinajstić information content (AvgIpc) is 2.74. The lowest BCUT2D eigenvalue weighted by atomic mass is 10.1. The van der Waals surface area contributed by atoms with E-state index < -0.39 is 10.0 Å². The molecule has 1 unspecified atom stereocenters. The average molecular weight is 419 g/mol. The number of carbonyl (C=O) groups excluding carboxylic acids is 1. The number of amides is 1. The first kappa shape index (κ1) is 21.3. The van der Waals surface area contributed by atoms with Gasteiger partial charge in [0.1, 0.15) is 12.4 Å². The number of hydrogen-bond acceptors (Lipinski definition) is 5. The summed E-state index contributed by atoms with van der Waals surface area (Å²) >= 11 is 0. The normalized spacial score (nSPS) is 17.3. The number of nitrogens with zero attached hydrogens (tertiary/aromatic N) is 1. The fourth-order valence-corrected chi connectivity index (χ4v) is 4.16. The number of nitrogens with one attached hydrogen (secondary N) is 1. The summed E-state index contributed by atoms with van der Waals surface area (Å²) in [5.74, 6) is 0.543. The van der Waals surface area contributed by atoms with Gasteiger partial charge in [0.25, 0.3) is 0 Å². The fraction of sp³-hybridized carbons (Fsp3) is 0.381. The summed E-state index contributed by atoms with van der Waals surface area (Å²) in [6, 6.07) is 16.2. The van der Waals surface area contributed by atoms with Gasteiger partial charge in [-0.05, 0) is 43.2 Å². The van der Waals surface area contributed by atoms with Crippen LogP contribution in [0.3, 0.4) is 0 Å². The lowest BCUT2D eigenvalue weighted by Crippen LogP contribution is -2.50. The van der Waals surface area contributed by atoms with E-state index >= 15 is 0 Å². The van der Waals surface area contributed by atoms with Crippen LogP contribution in [-0.2, 0) is 26.0 Å². The summed E-state index contributed by atoms with van der Waals surface area (Å²) in [6.07, 6.45) is 0.359. The number of rotatable bonds is 9. The summed E-state index contributed by atoms with van der Waals surface area (Å²) in [5.41, 5.74) is 1.15. The summed E-state index contributed by atoms with van der Waals surface area (Å²) in [4.78, 5) is 14.0. The summed E-state index contributed by atoms with van der Waals surface area (Å²) in [6.45, 7) is 3.38. The van der Waals surface area contributed by atoms with Gasteiger partial charge in [0.15, 0.2) is 0 Å². The minimum Gasteiger partial charge on any atom is -0.494 e. The zero-order chi connectivity index (χ0) is 20.7. The van der Waals surface area contributed by atoms with Crippen molar-refractivity contribution >= 4 is 15.9 Å². The first-order valence-electron chi connectivity index (χ1n) is 9.64. The van der Waals surface area contributed by atoms with E-state index in [1.54, 1.807) is 17.0 Å². The van der Waals surface area contributed by atoms with Crippen LogP contribution in [0.25, 0.3) is 0 Å². The Bertz CT molecular complexity index is 900. The molecule has 1 N–H and O–H groups in total. The molecule has 0 saturated carbocycles. The summed E-state index contributed by atoms with van der Waals surface area (Å²) < 4.78 is 38.4. The molecule has 7 nitrogen and oxygen atoms in total. The van der Waals surface area contributed by atoms with Crippen molar-refractivity contribution in [3.8, 4) is 5.75 Å². The van der Waals surface area contributed by atoms with E-state index in [-0.39, 0.29) is 30.1 Å². The van der Waals surface area contributed by atoms with Gasteiger partial charge in [0, 0.05) is 19.6 Å². The first-order valence-corrected chi connectivity index (χ1v) is 11.1. The number of hydrogen-bond donors (Lipinski definition) is 1. The van der Waals surface area contributed by atoms with Crippen molar-refractivity contribution in [3.05, 3.63) is 60.2 Å². The Hall–Kier alpha value is -2.42. The molecule has 3 rings (SSSR count). The van der Waals surface area contributed by atoms with Crippen LogP contribution in [0.5, 0.6) is 5.75 Å². The van der Waals surface area contributed by atoms with Gasteiger partial charge in [-0.1, -0.05) is 30.3 Å². The van der Waals surface area contributed by atoms with Crippen molar-refractivity contribution in [3.63, 3.8) is 0 Å². The van der Waals surface area contributed by atoms with Crippen LogP contribution in [0.2, 0.25) is 0 Å². The van der Waals surface area contributed by atoms with Gasteiger partial charge in [-0.15, -0.1) is 0 Å². The van der Waals surface area contributed by atoms with Crippen molar-refractivity contribution in [1.82, 2.24) is 9.62 Å². The van der Waals surface area contributed by atoms with Crippen molar-refractivity contribution in [2.45, 2.75) is 24.3 Å². The van der Waals surface area contributed by atoms with Crippen molar-refractivity contribution in [1.29, 1.82) is 0 Å². The number of morpholine rings is 1. The maximum absolute atomic E-state index is 12.5. The first-order chi connectivity index (χ1) is 14.0. The Morgan fingerprint density at radius 1 is 1.14 bits per heavy atom. The highest BCUT2D eigenvalue weighted by molar-refractivity contribution is 7.89. The molecule has 29 heavy (non-hydrogen) atoms. The Labute approximate surface area is 171 Å². The maximum atomic E-state index is 12.5. The van der Waals surface area contributed by atoms with Gasteiger partial charge in [0.2, 0.25) is 15.9 Å². The van der Waals surface area contributed by atoms with Crippen LogP contribution >= 0.6 is 0 Å². The quantitative estimate of drug-likeness (QED) is 0.672. The molecule has 8 heteroatoms. The molecule has 1 saturated heterocycles. The zero-order valence-corrected chi connectivity index (χ0v) is 17.2. The van der Waals surface area contributed by atoms with E-state index in [1.807, 2.05) is 37.3 Å². The summed E-state index contributed by atoms with van der Waals surface area (Å²) in [5, 5.41) is 0. The Balaban J connectivity index is 1.53. The third-order valence-electron chi connectivity index (χ3n) is 4.68. The van der Waals surface area contributed by atoms with Crippen LogP contribution in [0, 0.1) is 0 Å². The Morgan fingerprint density at radius 3 is 2.55 bits per heavy atom. The molecule has 156 valence electrons. The largest absolute Gasteiger partial charge is 0.494 e. The molecular formula is C21H26N2O5S. The smallest absolute Gasteiger partial charge is 0.248 e. The Morgan fingerprint density at radius 2 is 1.86 bits per heavy atom. The highest BCUT2D eigenvalue weighted by atomic mass is 32.2. The standard InChI is InChI=1S/C21H26N2O5S/c1-2-27-18-8-10-20(11-9-18)29(25,26)22-14-19-15-23(21(24)16-28-19)13-12-17-6-4-3-5-7-17/h3-11,19,22H,2,12-16H2,1H3. The second-order valence-electron chi connectivity index (χ2n) is 6.76. The molecule has 0 aromatic heterocycles. The van der Waals surface area contributed by atoms with Crippen LogP contribution in [-0.4, -0.2) is 58.2 Å². The van der Waals surface area contributed by atoms with Gasteiger partial charge in [-0.2, -0.15) is 0 Å². The lowest BCUT2D eigenvalue weighted by Gasteiger charge is -2.32. The van der Waals surface area contributed by atoms with E-state index in [4.69, 9.17) is 9.47 Å². The second kappa shape index (κ2) is 9.87. The van der Waals surface area contributed by atoms with E-state index in [0.717, 1.165) is 12.0 Å². The van der Waals surface area contributed by atoms with E-state index in [2.05, 4.69) is 4.72 Å². The molecule has 1 aliphatic rings. The van der Waals surface area contributed by atoms with Crippen LogP contribution in [0.1, 0.15) is 12.5 Å². The molecule has 0 bridgehead atoms. The maximum Gasteiger partial charge on any atom is 0.248 e.